The number of ether oxygens (including phenoxy) is 2. The molecule has 286 valence electrons. The Hall–Kier alpha value is -2.70. The fourth-order valence-electron chi connectivity index (χ4n) is 5.93. The largest absolute Gasteiger partial charge is 0.488 e. The molecule has 18 heteroatoms. The number of likely N-dealkylation sites (tertiary alicyclic amines) is 2. The van der Waals surface area contributed by atoms with Gasteiger partial charge in [-0.3, -0.25) is 9.59 Å². The van der Waals surface area contributed by atoms with E-state index in [9.17, 15) is 9.59 Å². The van der Waals surface area contributed by atoms with Crippen molar-refractivity contribution in [2.24, 2.45) is 0 Å². The maximum atomic E-state index is 12.8. The number of hydrogen-bond acceptors (Lipinski definition) is 8. The van der Waals surface area contributed by atoms with Crippen LogP contribution in [0.25, 0.3) is 11.1 Å². The molecule has 0 aliphatic carbocycles. The van der Waals surface area contributed by atoms with Gasteiger partial charge in [0.2, 0.25) is 11.8 Å². The van der Waals surface area contributed by atoms with Gasteiger partial charge in [-0.2, -0.15) is 10.2 Å². The Labute approximate surface area is 334 Å². The predicted octanol–water partition coefficient (Wildman–Crippen LogP) is 6.03. The zero-order valence-corrected chi connectivity index (χ0v) is 34.4. The molecule has 2 saturated heterocycles. The third kappa shape index (κ3) is 9.95. The predicted molar refractivity (Wildman–Crippen MR) is 221 cm³/mol. The first-order chi connectivity index (χ1) is 25.0. The molecule has 8 rings (SSSR count). The van der Waals surface area contributed by atoms with Gasteiger partial charge in [-0.25, -0.2) is 9.36 Å². The summed E-state index contributed by atoms with van der Waals surface area (Å²) in [4.78, 5) is 28.5. The molecule has 0 saturated carbocycles. The number of fused-ring (bicyclic) bond motifs is 2. The second kappa shape index (κ2) is 19.8. The molecular formula is C35H46BBrCl2N6O6P2. The van der Waals surface area contributed by atoms with Crippen LogP contribution < -0.4 is 14.9 Å². The van der Waals surface area contributed by atoms with E-state index in [1.807, 2.05) is 34.7 Å². The summed E-state index contributed by atoms with van der Waals surface area (Å²) in [7, 11) is 3.26. The van der Waals surface area contributed by atoms with Gasteiger partial charge >= 0.3 is 7.12 Å². The molecule has 53 heavy (non-hydrogen) atoms. The maximum Gasteiger partial charge on any atom is 0.488 e. The number of hydrogen-bond donors (Lipinski definition) is 2. The molecule has 0 spiro atoms. The summed E-state index contributed by atoms with van der Waals surface area (Å²) in [5, 5.41) is 27.8. The second-order valence-corrected chi connectivity index (χ2v) is 14.1. The van der Waals surface area contributed by atoms with Crippen molar-refractivity contribution in [2.45, 2.75) is 60.0 Å². The molecule has 4 aliphatic heterocycles. The van der Waals surface area contributed by atoms with Crippen molar-refractivity contribution in [3.8, 4) is 22.9 Å². The van der Waals surface area contributed by atoms with Crippen LogP contribution in [0.1, 0.15) is 65.2 Å². The van der Waals surface area contributed by atoms with E-state index in [1.165, 1.54) is 0 Å². The van der Waals surface area contributed by atoms with E-state index in [2.05, 4.69) is 44.0 Å². The molecule has 0 bridgehead atoms. The third-order valence-corrected chi connectivity index (χ3v) is 10.1. The monoisotopic (exact) mass is 868 g/mol. The van der Waals surface area contributed by atoms with Crippen LogP contribution in [0, 0.1) is 13.8 Å². The number of rotatable bonds is 4. The van der Waals surface area contributed by atoms with Crippen molar-refractivity contribution in [3.63, 3.8) is 0 Å². The quantitative estimate of drug-likeness (QED) is 0.188. The number of amides is 2. The maximum absolute atomic E-state index is 12.8. The number of aromatic nitrogens is 4. The molecule has 0 radical (unpaired) electrons. The minimum absolute atomic E-state index is 0. The van der Waals surface area contributed by atoms with Crippen LogP contribution in [0.3, 0.4) is 0 Å². The highest BCUT2D eigenvalue weighted by atomic mass is 79.9. The van der Waals surface area contributed by atoms with Gasteiger partial charge in [-0.1, -0.05) is 42.8 Å². The Balaban J connectivity index is 0.000000183. The number of aryl methyl sites for hydroxylation is 4. The molecule has 2 unspecified atom stereocenters. The Kier molecular flexibility index (Phi) is 16.0. The standard InChI is InChI=1S/C17H18ClN3O2.C10H12BrN3O2.C7H8BClO2.CH4.H4P2/c1-11-10-12(18)4-5-13(11)14-15(16(22)20-6-2-7-20)19-21-8-3-9-23-17(14)21;11-7-8(9(15)13-3-1-4-13)12-14-5-2-6-16-10(7)14;1-5-4-6(9)2-3-7(5)8(10)11;;1-2/h4-5,10H,2-3,6-9H2,1H3;1-6H2;2-4,10-11H,1H3;1H4;1-2H2. The van der Waals surface area contributed by atoms with Crippen LogP contribution in [-0.4, -0.2) is 97.7 Å². The highest BCUT2D eigenvalue weighted by molar-refractivity contribution is 9.10. The lowest BCUT2D eigenvalue weighted by molar-refractivity contribution is 0.0637. The van der Waals surface area contributed by atoms with E-state index in [-0.39, 0.29) is 19.2 Å². The summed E-state index contributed by atoms with van der Waals surface area (Å²) in [5.74, 6) is 1.38. The van der Waals surface area contributed by atoms with Crippen LogP contribution in [0.4, 0.5) is 0 Å². The van der Waals surface area contributed by atoms with Gasteiger partial charge in [-0.05, 0) is 89.0 Å². The van der Waals surface area contributed by atoms with Gasteiger partial charge in [-0.15, -0.1) is 17.9 Å². The lowest BCUT2D eigenvalue weighted by Crippen LogP contribution is -2.42. The molecule has 4 aromatic rings. The third-order valence-electron chi connectivity index (χ3n) is 8.92. The van der Waals surface area contributed by atoms with Crippen molar-refractivity contribution in [3.05, 3.63) is 73.4 Å². The minimum Gasteiger partial charge on any atom is -0.477 e. The van der Waals surface area contributed by atoms with Crippen molar-refractivity contribution in [1.29, 1.82) is 0 Å². The lowest BCUT2D eigenvalue weighted by atomic mass is 9.77. The first kappa shape index (κ1) is 43.0. The number of carbonyl (C=O) groups is 2. The Bertz CT molecular complexity index is 1910. The van der Waals surface area contributed by atoms with Crippen molar-refractivity contribution < 1.29 is 29.1 Å². The SMILES string of the molecule is C.Cc1cc(Cl)ccc1-c1c(C(=O)N2CCC2)nn2c1OCCC2.Cc1cc(Cl)ccc1B(O)O.O=C(c1nn2c(c1Br)OCCC2)N1CCC1.PP. The zero-order valence-electron chi connectivity index (χ0n) is 29.0. The van der Waals surface area contributed by atoms with E-state index in [0.29, 0.717) is 56.3 Å². The summed E-state index contributed by atoms with van der Waals surface area (Å²) in [6, 6.07) is 10.6. The van der Waals surface area contributed by atoms with Crippen LogP contribution in [-0.2, 0) is 13.1 Å². The molecular weight excluding hydrogens is 824 g/mol. The van der Waals surface area contributed by atoms with E-state index in [1.54, 1.807) is 34.7 Å². The normalized spacial score (nSPS) is 15.0. The molecule has 4 aliphatic rings. The van der Waals surface area contributed by atoms with Crippen LogP contribution in [0.5, 0.6) is 11.8 Å². The first-order valence-corrected chi connectivity index (χ1v) is 21.2. The summed E-state index contributed by atoms with van der Waals surface area (Å²) >= 11 is 15.1. The Morgan fingerprint density at radius 3 is 1.74 bits per heavy atom. The van der Waals surface area contributed by atoms with E-state index >= 15 is 0 Å². The van der Waals surface area contributed by atoms with E-state index in [0.717, 1.165) is 87.2 Å². The lowest BCUT2D eigenvalue weighted by Gasteiger charge is -2.30. The molecule has 2 N–H and O–H groups in total. The van der Waals surface area contributed by atoms with E-state index in [4.69, 9.17) is 42.7 Å². The summed E-state index contributed by atoms with van der Waals surface area (Å²) in [6.45, 7) is 10.0. The summed E-state index contributed by atoms with van der Waals surface area (Å²) < 4.78 is 15.6. The van der Waals surface area contributed by atoms with Gasteiger partial charge in [0.25, 0.3) is 11.8 Å². The summed E-state index contributed by atoms with van der Waals surface area (Å²) in [5.41, 5.74) is 5.03. The van der Waals surface area contributed by atoms with Gasteiger partial charge in [0.15, 0.2) is 11.4 Å². The summed E-state index contributed by atoms with van der Waals surface area (Å²) in [6.07, 6.45) is 4.00. The average Bonchev–Trinajstić information content (AvgIpc) is 3.63. The molecule has 2 atom stereocenters. The number of benzene rings is 2. The van der Waals surface area contributed by atoms with Crippen molar-refractivity contribution in [2.75, 3.05) is 39.4 Å². The van der Waals surface area contributed by atoms with Crippen molar-refractivity contribution in [1.82, 2.24) is 29.4 Å². The molecule has 2 fully saturated rings. The number of nitrogens with zero attached hydrogens (tertiary/aromatic N) is 6. The Morgan fingerprint density at radius 1 is 0.755 bits per heavy atom. The smallest absolute Gasteiger partial charge is 0.477 e. The average molecular weight is 870 g/mol. The van der Waals surface area contributed by atoms with Gasteiger partial charge in [0, 0.05) is 62.2 Å². The fraction of sp³-hybridized carbons (Fsp3) is 0.429. The molecule has 2 amide bonds. The minimum atomic E-state index is -1.41. The Morgan fingerprint density at radius 2 is 1.25 bits per heavy atom. The molecule has 6 heterocycles. The number of halogens is 3. The topological polar surface area (TPSA) is 135 Å². The number of carbonyl (C=O) groups excluding carboxylic acids is 2. The zero-order chi connectivity index (χ0) is 37.5. The van der Waals surface area contributed by atoms with Gasteiger partial charge in [0.1, 0.15) is 4.47 Å². The van der Waals surface area contributed by atoms with Crippen molar-refractivity contribution >= 4 is 81.4 Å². The van der Waals surface area contributed by atoms with Gasteiger partial charge in [0.05, 0.1) is 18.8 Å². The van der Waals surface area contributed by atoms with E-state index < -0.39 is 7.12 Å². The second-order valence-electron chi connectivity index (χ2n) is 12.5. The first-order valence-electron chi connectivity index (χ1n) is 17.0. The van der Waals surface area contributed by atoms with Crippen LogP contribution in [0.2, 0.25) is 10.0 Å². The van der Waals surface area contributed by atoms with Crippen LogP contribution in [0.15, 0.2) is 40.9 Å². The van der Waals surface area contributed by atoms with Crippen LogP contribution >= 0.6 is 57.0 Å². The fourth-order valence-corrected chi connectivity index (χ4v) is 6.95. The molecule has 2 aromatic carbocycles. The van der Waals surface area contributed by atoms with Gasteiger partial charge < -0.3 is 29.3 Å². The molecule has 12 nitrogen and oxygen atoms in total. The highest BCUT2D eigenvalue weighted by Crippen LogP contribution is 2.39. The molecule has 2 aromatic heterocycles. The highest BCUT2D eigenvalue weighted by Gasteiger charge is 2.33.